The van der Waals surface area contributed by atoms with Gasteiger partial charge >= 0.3 is 6.18 Å². The van der Waals surface area contributed by atoms with Crippen LogP contribution < -0.4 is 9.47 Å². The third kappa shape index (κ3) is 8.58. The van der Waals surface area contributed by atoms with Gasteiger partial charge in [-0.25, -0.2) is 4.85 Å². The molecule has 0 saturated carbocycles. The van der Waals surface area contributed by atoms with E-state index in [1.54, 1.807) is 17.8 Å². The van der Waals surface area contributed by atoms with Gasteiger partial charge in [-0.2, -0.15) is 13.2 Å². The highest BCUT2D eigenvalue weighted by molar-refractivity contribution is 7.99. The zero-order valence-corrected chi connectivity index (χ0v) is 18.4. The van der Waals surface area contributed by atoms with Crippen LogP contribution in [0.5, 0.6) is 11.5 Å². The molecule has 0 aliphatic rings. The minimum atomic E-state index is -4.36. The molecule has 0 amide bonds. The SMILES string of the molecule is [C-]#[N+]/C=C\CC(COc1ccc(C(F)(F)F)cc1)CSc1ccc(OCCC)c(C)c1. The van der Waals surface area contributed by atoms with E-state index < -0.39 is 11.7 Å². The third-order valence-electron chi connectivity index (χ3n) is 4.41. The molecular weight excluding hydrogens is 423 g/mol. The Labute approximate surface area is 186 Å². The molecule has 0 aromatic heterocycles. The summed E-state index contributed by atoms with van der Waals surface area (Å²) in [5.74, 6) is 2.12. The number of rotatable bonds is 11. The van der Waals surface area contributed by atoms with E-state index in [2.05, 4.69) is 17.8 Å². The lowest BCUT2D eigenvalue weighted by Gasteiger charge is -2.17. The Kier molecular flexibility index (Phi) is 9.80. The summed E-state index contributed by atoms with van der Waals surface area (Å²) >= 11 is 1.68. The highest BCUT2D eigenvalue weighted by Crippen LogP contribution is 2.31. The lowest BCUT2D eigenvalue weighted by atomic mass is 10.1. The Hall–Kier alpha value is -2.59. The molecule has 0 bridgehead atoms. The number of halogens is 3. The average Bonchev–Trinajstić information content (AvgIpc) is 2.74. The molecule has 0 aliphatic carbocycles. The topological polar surface area (TPSA) is 22.8 Å². The Morgan fingerprint density at radius 2 is 1.87 bits per heavy atom. The van der Waals surface area contributed by atoms with Gasteiger partial charge in [-0.05, 0) is 67.8 Å². The van der Waals surface area contributed by atoms with Crippen molar-refractivity contribution >= 4 is 11.8 Å². The first kappa shape index (κ1) is 24.7. The van der Waals surface area contributed by atoms with E-state index in [-0.39, 0.29) is 5.92 Å². The number of ether oxygens (including phenoxy) is 2. The van der Waals surface area contributed by atoms with Crippen molar-refractivity contribution in [2.75, 3.05) is 19.0 Å². The zero-order valence-electron chi connectivity index (χ0n) is 17.6. The van der Waals surface area contributed by atoms with Gasteiger partial charge in [0.05, 0.1) is 25.3 Å². The van der Waals surface area contributed by atoms with Crippen LogP contribution in [0.1, 0.15) is 30.9 Å². The number of hydrogen-bond donors (Lipinski definition) is 0. The summed E-state index contributed by atoms with van der Waals surface area (Å²) in [7, 11) is 0. The fourth-order valence-electron chi connectivity index (χ4n) is 2.74. The second kappa shape index (κ2) is 12.3. The van der Waals surface area contributed by atoms with Crippen molar-refractivity contribution in [1.29, 1.82) is 0 Å². The van der Waals surface area contributed by atoms with Crippen LogP contribution in [0.2, 0.25) is 0 Å². The molecule has 0 N–H and O–H groups in total. The fourth-order valence-corrected chi connectivity index (χ4v) is 3.83. The molecule has 2 aromatic carbocycles. The van der Waals surface area contributed by atoms with E-state index in [1.165, 1.54) is 18.3 Å². The molecule has 0 radical (unpaired) electrons. The zero-order chi connectivity index (χ0) is 22.7. The first-order valence-corrected chi connectivity index (χ1v) is 11.0. The summed E-state index contributed by atoms with van der Waals surface area (Å²) in [6, 6.07) is 10.8. The van der Waals surface area contributed by atoms with Crippen molar-refractivity contribution in [2.45, 2.75) is 37.8 Å². The number of nitrogens with zero attached hydrogens (tertiary/aromatic N) is 1. The molecule has 0 saturated heterocycles. The van der Waals surface area contributed by atoms with Gasteiger partial charge in [0, 0.05) is 16.6 Å². The van der Waals surface area contributed by atoms with E-state index in [1.807, 2.05) is 19.1 Å². The minimum Gasteiger partial charge on any atom is -0.493 e. The van der Waals surface area contributed by atoms with Crippen LogP contribution in [0.15, 0.2) is 59.6 Å². The predicted octanol–water partition coefficient (Wildman–Crippen LogP) is 7.41. The Balaban J connectivity index is 1.96. The number of hydrogen-bond acceptors (Lipinski definition) is 3. The standard InChI is InChI=1S/C24H26F3NO2S/c1-4-14-29-23-12-11-22(15-18(23)2)31-17-19(6-5-13-28-3)16-30-21-9-7-20(8-10-21)24(25,26)27/h5,7-13,15,19H,4,6,14,16-17H2,1-2H3/b13-5-. The maximum absolute atomic E-state index is 12.7. The van der Waals surface area contributed by atoms with Crippen LogP contribution in [-0.2, 0) is 6.18 Å². The summed E-state index contributed by atoms with van der Waals surface area (Å²) in [5, 5.41) is 0. The number of alkyl halides is 3. The van der Waals surface area contributed by atoms with E-state index in [9.17, 15) is 13.2 Å². The lowest BCUT2D eigenvalue weighted by molar-refractivity contribution is -0.137. The summed E-state index contributed by atoms with van der Waals surface area (Å²) in [5.41, 5.74) is 0.373. The van der Waals surface area contributed by atoms with Gasteiger partial charge in [0.1, 0.15) is 17.7 Å². The van der Waals surface area contributed by atoms with E-state index in [0.29, 0.717) is 25.4 Å². The lowest BCUT2D eigenvalue weighted by Crippen LogP contribution is -2.14. The maximum Gasteiger partial charge on any atom is 0.416 e. The van der Waals surface area contributed by atoms with Crippen molar-refractivity contribution in [1.82, 2.24) is 0 Å². The molecule has 31 heavy (non-hydrogen) atoms. The molecule has 0 spiro atoms. The van der Waals surface area contributed by atoms with E-state index in [0.717, 1.165) is 40.5 Å². The van der Waals surface area contributed by atoms with Crippen molar-refractivity contribution in [3.63, 3.8) is 0 Å². The van der Waals surface area contributed by atoms with E-state index in [4.69, 9.17) is 16.0 Å². The quantitative estimate of drug-likeness (QED) is 0.263. The molecule has 1 atom stereocenters. The van der Waals surface area contributed by atoms with Gasteiger partial charge in [0.15, 0.2) is 0 Å². The Morgan fingerprint density at radius 1 is 1.13 bits per heavy atom. The summed E-state index contributed by atoms with van der Waals surface area (Å²) in [6.45, 7) is 12.0. The predicted molar refractivity (Wildman–Crippen MR) is 118 cm³/mol. The van der Waals surface area contributed by atoms with Gasteiger partial charge in [-0.15, -0.1) is 11.8 Å². The molecule has 0 aliphatic heterocycles. The number of thioether (sulfide) groups is 1. The number of allylic oxidation sites excluding steroid dienone is 1. The smallest absolute Gasteiger partial charge is 0.416 e. The second-order valence-corrected chi connectivity index (χ2v) is 8.13. The van der Waals surface area contributed by atoms with Crippen molar-refractivity contribution < 1.29 is 22.6 Å². The molecule has 0 heterocycles. The monoisotopic (exact) mass is 449 g/mol. The average molecular weight is 450 g/mol. The van der Waals surface area contributed by atoms with Crippen molar-refractivity contribution in [2.24, 2.45) is 5.92 Å². The highest BCUT2D eigenvalue weighted by atomic mass is 32.2. The maximum atomic E-state index is 12.7. The van der Waals surface area contributed by atoms with Crippen molar-refractivity contribution in [3.8, 4) is 11.5 Å². The second-order valence-electron chi connectivity index (χ2n) is 7.04. The van der Waals surface area contributed by atoms with Gasteiger partial charge in [-0.1, -0.05) is 13.0 Å². The summed E-state index contributed by atoms with van der Waals surface area (Å²) in [4.78, 5) is 4.33. The number of aryl methyl sites for hydroxylation is 1. The first-order valence-electron chi connectivity index (χ1n) is 10.0. The largest absolute Gasteiger partial charge is 0.493 e. The van der Waals surface area contributed by atoms with E-state index >= 15 is 0 Å². The van der Waals surface area contributed by atoms with Crippen LogP contribution in [0.25, 0.3) is 4.85 Å². The molecule has 7 heteroatoms. The Morgan fingerprint density at radius 3 is 2.48 bits per heavy atom. The molecule has 166 valence electrons. The van der Waals surface area contributed by atoms with Crippen LogP contribution >= 0.6 is 11.8 Å². The van der Waals surface area contributed by atoms with Crippen LogP contribution in [-0.4, -0.2) is 19.0 Å². The molecule has 1 unspecified atom stereocenters. The minimum absolute atomic E-state index is 0.0987. The van der Waals surface area contributed by atoms with Crippen molar-refractivity contribution in [3.05, 3.63) is 77.3 Å². The number of benzene rings is 2. The summed E-state index contributed by atoms with van der Waals surface area (Å²) in [6.07, 6.45) is 0.444. The molecule has 2 aromatic rings. The highest BCUT2D eigenvalue weighted by Gasteiger charge is 2.30. The third-order valence-corrected chi connectivity index (χ3v) is 5.64. The molecule has 0 fully saturated rings. The molecule has 3 nitrogen and oxygen atoms in total. The van der Waals surface area contributed by atoms with Gasteiger partial charge in [0.2, 0.25) is 0 Å². The van der Waals surface area contributed by atoms with Crippen LogP contribution in [0.3, 0.4) is 0 Å². The summed E-state index contributed by atoms with van der Waals surface area (Å²) < 4.78 is 49.5. The normalized spacial score (nSPS) is 12.5. The van der Waals surface area contributed by atoms with Gasteiger partial charge in [-0.3, -0.25) is 0 Å². The van der Waals surface area contributed by atoms with Gasteiger partial charge < -0.3 is 9.47 Å². The van der Waals surface area contributed by atoms with Crippen LogP contribution in [0, 0.1) is 19.4 Å². The van der Waals surface area contributed by atoms with Crippen LogP contribution in [0.4, 0.5) is 13.2 Å². The molecular formula is C24H26F3NO2S. The Bertz CT molecular complexity index is 889. The fraction of sp³-hybridized carbons (Fsp3) is 0.375. The first-order chi connectivity index (χ1) is 14.8. The van der Waals surface area contributed by atoms with Gasteiger partial charge in [0.25, 0.3) is 0 Å². The molecule has 2 rings (SSSR count).